The quantitative estimate of drug-likeness (QED) is 0.320. The summed E-state index contributed by atoms with van der Waals surface area (Å²) in [7, 11) is 0. The van der Waals surface area contributed by atoms with Crippen LogP contribution in [0.3, 0.4) is 0 Å². The van der Waals surface area contributed by atoms with Crippen LogP contribution in [0.5, 0.6) is 0 Å². The number of allylic oxidation sites excluding steroid dienone is 2. The number of rotatable bonds is 6. The maximum absolute atomic E-state index is 12.6. The number of fused-ring (bicyclic) bond motifs is 2. The van der Waals surface area contributed by atoms with Crippen molar-refractivity contribution in [2.24, 2.45) is 23.2 Å². The van der Waals surface area contributed by atoms with Gasteiger partial charge in [-0.25, -0.2) is 0 Å². The zero-order valence-electron chi connectivity index (χ0n) is 13.2. The summed E-state index contributed by atoms with van der Waals surface area (Å²) >= 11 is 0. The number of ether oxygens (including phenoxy) is 3. The molecule has 0 heterocycles. The lowest BCUT2D eigenvalue weighted by Crippen LogP contribution is -2.53. The Hall–Kier alpha value is -1.85. The normalized spacial score (nSPS) is 27.5. The molecule has 0 aromatic carbocycles. The van der Waals surface area contributed by atoms with Gasteiger partial charge in [0, 0.05) is 5.92 Å². The molecule has 3 atom stereocenters. The van der Waals surface area contributed by atoms with Crippen molar-refractivity contribution in [3.8, 4) is 0 Å². The average molecular weight is 310 g/mol. The van der Waals surface area contributed by atoms with E-state index in [0.29, 0.717) is 6.42 Å². The molecule has 1 fully saturated rings. The first-order valence-electron chi connectivity index (χ1n) is 7.73. The minimum Gasteiger partial charge on any atom is -0.466 e. The zero-order valence-corrected chi connectivity index (χ0v) is 13.2. The predicted octanol–water partition coefficient (Wildman–Crippen LogP) is 1.48. The molecule has 0 unspecified atom stereocenters. The number of hydrogen-bond acceptors (Lipinski definition) is 6. The van der Waals surface area contributed by atoms with Crippen LogP contribution >= 0.6 is 0 Å². The first-order valence-corrected chi connectivity index (χ1v) is 7.73. The Morgan fingerprint density at radius 2 is 1.50 bits per heavy atom. The summed E-state index contributed by atoms with van der Waals surface area (Å²) in [6.07, 6.45) is 4.25. The van der Waals surface area contributed by atoms with Gasteiger partial charge >= 0.3 is 17.9 Å². The van der Waals surface area contributed by atoms with Crippen LogP contribution < -0.4 is 0 Å². The molecule has 2 aliphatic rings. The van der Waals surface area contributed by atoms with Crippen LogP contribution in [-0.2, 0) is 28.6 Å². The minimum atomic E-state index is -1.61. The van der Waals surface area contributed by atoms with Crippen LogP contribution in [-0.4, -0.2) is 37.7 Å². The summed E-state index contributed by atoms with van der Waals surface area (Å²) in [6.45, 7) is 5.49. The summed E-state index contributed by atoms with van der Waals surface area (Å²) in [6, 6.07) is 0. The molecule has 0 aliphatic heterocycles. The van der Waals surface area contributed by atoms with E-state index in [9.17, 15) is 14.4 Å². The second-order valence-corrected chi connectivity index (χ2v) is 5.43. The second kappa shape index (κ2) is 6.50. The van der Waals surface area contributed by atoms with E-state index in [-0.39, 0.29) is 31.7 Å². The van der Waals surface area contributed by atoms with Crippen molar-refractivity contribution in [1.29, 1.82) is 0 Å². The third-order valence-corrected chi connectivity index (χ3v) is 4.39. The van der Waals surface area contributed by atoms with Gasteiger partial charge in [-0.2, -0.15) is 0 Å². The molecule has 0 N–H and O–H groups in total. The van der Waals surface area contributed by atoms with E-state index in [0.717, 1.165) is 0 Å². The van der Waals surface area contributed by atoms with Crippen molar-refractivity contribution in [3.63, 3.8) is 0 Å². The fraction of sp³-hybridized carbons (Fsp3) is 0.688. The minimum absolute atomic E-state index is 0.136. The van der Waals surface area contributed by atoms with E-state index in [1.54, 1.807) is 20.8 Å². The van der Waals surface area contributed by atoms with Crippen molar-refractivity contribution in [2.45, 2.75) is 27.2 Å². The van der Waals surface area contributed by atoms with Crippen LogP contribution in [0.4, 0.5) is 0 Å². The highest BCUT2D eigenvalue weighted by atomic mass is 16.6. The maximum atomic E-state index is 12.6. The fourth-order valence-electron chi connectivity index (χ4n) is 3.61. The summed E-state index contributed by atoms with van der Waals surface area (Å²) in [4.78, 5) is 37.7. The predicted molar refractivity (Wildman–Crippen MR) is 76.6 cm³/mol. The Labute approximate surface area is 129 Å². The lowest BCUT2D eigenvalue weighted by atomic mass is 9.68. The Bertz CT molecular complexity index is 477. The average Bonchev–Trinajstić information content (AvgIpc) is 3.07. The molecule has 0 amide bonds. The van der Waals surface area contributed by atoms with Crippen LogP contribution in [0.1, 0.15) is 27.2 Å². The van der Waals surface area contributed by atoms with Gasteiger partial charge in [0.15, 0.2) is 5.41 Å². The molecule has 22 heavy (non-hydrogen) atoms. The molecule has 2 bridgehead atoms. The third-order valence-electron chi connectivity index (χ3n) is 4.39. The second-order valence-electron chi connectivity index (χ2n) is 5.43. The van der Waals surface area contributed by atoms with Gasteiger partial charge in [-0.15, -0.1) is 0 Å². The summed E-state index contributed by atoms with van der Waals surface area (Å²) in [5.41, 5.74) is -1.61. The topological polar surface area (TPSA) is 78.9 Å². The fourth-order valence-corrected chi connectivity index (χ4v) is 3.61. The highest BCUT2D eigenvalue weighted by molar-refractivity contribution is 6.06. The Morgan fingerprint density at radius 3 is 2.00 bits per heavy atom. The van der Waals surface area contributed by atoms with Crippen LogP contribution in [0, 0.1) is 23.2 Å². The van der Waals surface area contributed by atoms with Crippen LogP contribution in [0.15, 0.2) is 12.2 Å². The van der Waals surface area contributed by atoms with Gasteiger partial charge in [-0.05, 0) is 33.1 Å². The summed E-state index contributed by atoms with van der Waals surface area (Å²) in [5, 5.41) is 0. The molecule has 0 radical (unpaired) electrons. The molecule has 6 heteroatoms. The maximum Gasteiger partial charge on any atom is 0.325 e. The Morgan fingerprint density at radius 1 is 0.955 bits per heavy atom. The van der Waals surface area contributed by atoms with Gasteiger partial charge in [0.25, 0.3) is 0 Å². The van der Waals surface area contributed by atoms with E-state index in [1.165, 1.54) is 0 Å². The number of esters is 3. The molecule has 0 aromatic heterocycles. The third kappa shape index (κ3) is 2.30. The molecule has 1 saturated carbocycles. The van der Waals surface area contributed by atoms with Gasteiger partial charge in [0.1, 0.15) is 0 Å². The van der Waals surface area contributed by atoms with Crippen molar-refractivity contribution in [2.75, 3.05) is 19.8 Å². The van der Waals surface area contributed by atoms with Crippen molar-refractivity contribution < 1.29 is 28.6 Å². The molecule has 0 spiro atoms. The molecular weight excluding hydrogens is 288 g/mol. The van der Waals surface area contributed by atoms with E-state index in [1.807, 2.05) is 12.2 Å². The van der Waals surface area contributed by atoms with E-state index < -0.39 is 29.2 Å². The van der Waals surface area contributed by atoms with Gasteiger partial charge in [-0.3, -0.25) is 14.4 Å². The molecule has 0 aromatic rings. The Kier molecular flexibility index (Phi) is 4.88. The van der Waals surface area contributed by atoms with Gasteiger partial charge in [-0.1, -0.05) is 12.2 Å². The summed E-state index contributed by atoms with van der Waals surface area (Å²) < 4.78 is 15.4. The molecule has 6 nitrogen and oxygen atoms in total. The molecular formula is C16H22O6. The Balaban J connectivity index is 2.48. The highest BCUT2D eigenvalue weighted by Gasteiger charge is 2.70. The first-order chi connectivity index (χ1) is 10.5. The van der Waals surface area contributed by atoms with E-state index in [2.05, 4.69) is 0 Å². The zero-order chi connectivity index (χ0) is 16.3. The van der Waals surface area contributed by atoms with Crippen molar-refractivity contribution >= 4 is 17.9 Å². The lowest BCUT2D eigenvalue weighted by molar-refractivity contribution is -0.185. The number of hydrogen-bond donors (Lipinski definition) is 0. The lowest BCUT2D eigenvalue weighted by Gasteiger charge is -2.35. The largest absolute Gasteiger partial charge is 0.466 e. The number of carbonyl (C=O) groups excluding carboxylic acids is 3. The SMILES string of the molecule is CCOC(=O)[C@H]1[C@@H]2C=C[C@@H](C2)C1(C(=O)OCC)C(=O)OCC. The van der Waals surface area contributed by atoms with Gasteiger partial charge in [0.05, 0.1) is 25.7 Å². The monoisotopic (exact) mass is 310 g/mol. The molecule has 122 valence electrons. The van der Waals surface area contributed by atoms with E-state index in [4.69, 9.17) is 14.2 Å². The van der Waals surface area contributed by atoms with Crippen molar-refractivity contribution in [1.82, 2.24) is 0 Å². The molecule has 0 saturated heterocycles. The molecule has 2 rings (SSSR count). The summed E-state index contributed by atoms with van der Waals surface area (Å²) in [5.74, 6) is -3.38. The van der Waals surface area contributed by atoms with Crippen LogP contribution in [0.25, 0.3) is 0 Å². The van der Waals surface area contributed by atoms with Gasteiger partial charge < -0.3 is 14.2 Å². The van der Waals surface area contributed by atoms with Crippen molar-refractivity contribution in [3.05, 3.63) is 12.2 Å². The smallest absolute Gasteiger partial charge is 0.325 e. The van der Waals surface area contributed by atoms with Gasteiger partial charge in [0.2, 0.25) is 0 Å². The van der Waals surface area contributed by atoms with E-state index >= 15 is 0 Å². The van der Waals surface area contributed by atoms with Crippen LogP contribution in [0.2, 0.25) is 0 Å². The number of carbonyl (C=O) groups is 3. The standard InChI is InChI=1S/C16H22O6/c1-4-20-13(17)12-10-7-8-11(9-10)16(12,14(18)21-5-2)15(19)22-6-3/h7-8,10-12H,4-6,9H2,1-3H3/t10-,11+,12-/m1/s1. The molecule has 2 aliphatic carbocycles. The first kappa shape index (κ1) is 16.5. The highest BCUT2D eigenvalue weighted by Crippen LogP contribution is 2.58.